The van der Waals surface area contributed by atoms with Crippen LogP contribution in [0.4, 0.5) is 0 Å². The van der Waals surface area contributed by atoms with Gasteiger partial charge in [-0.25, -0.2) is 0 Å². The van der Waals surface area contributed by atoms with E-state index >= 15 is 0 Å². The molecule has 4 N–H and O–H groups in total. The molecular formula is C13H26N2O2. The van der Waals surface area contributed by atoms with Crippen LogP contribution in [0.1, 0.15) is 58.3 Å². The normalized spacial score (nSPS) is 20.9. The van der Waals surface area contributed by atoms with Crippen LogP contribution < -0.4 is 11.5 Å². The molecule has 0 aliphatic heterocycles. The van der Waals surface area contributed by atoms with E-state index < -0.39 is 6.04 Å². The van der Waals surface area contributed by atoms with Crippen LogP contribution in [0.5, 0.6) is 0 Å². The molecule has 0 amide bonds. The molecule has 4 heteroatoms. The standard InChI is InChI=1S/C13H26N2O2/c1-11(15)12(16)17-13(9-5-6-10-14)7-3-2-4-8-13/h11H,2-10,14-15H2,1H3/t11-/m0/s1. The molecular weight excluding hydrogens is 216 g/mol. The summed E-state index contributed by atoms with van der Waals surface area (Å²) in [6.07, 6.45) is 8.47. The van der Waals surface area contributed by atoms with Crippen LogP contribution in [0.25, 0.3) is 0 Å². The Balaban J connectivity index is 2.54. The molecule has 17 heavy (non-hydrogen) atoms. The summed E-state index contributed by atoms with van der Waals surface area (Å²) in [7, 11) is 0. The number of unbranched alkanes of at least 4 members (excludes halogenated alkanes) is 1. The molecule has 0 spiro atoms. The predicted octanol–water partition coefficient (Wildman–Crippen LogP) is 1.71. The van der Waals surface area contributed by atoms with E-state index in [4.69, 9.17) is 16.2 Å². The minimum atomic E-state index is -0.525. The number of carbonyl (C=O) groups excluding carboxylic acids is 1. The van der Waals surface area contributed by atoms with Gasteiger partial charge in [0.15, 0.2) is 0 Å². The molecule has 1 fully saturated rings. The van der Waals surface area contributed by atoms with E-state index in [0.29, 0.717) is 6.54 Å². The predicted molar refractivity (Wildman–Crippen MR) is 68.5 cm³/mol. The van der Waals surface area contributed by atoms with E-state index in [2.05, 4.69) is 0 Å². The molecule has 0 aromatic heterocycles. The highest BCUT2D eigenvalue weighted by molar-refractivity contribution is 5.75. The van der Waals surface area contributed by atoms with Crippen LogP contribution in [-0.4, -0.2) is 24.2 Å². The average Bonchev–Trinajstić information content (AvgIpc) is 2.30. The summed E-state index contributed by atoms with van der Waals surface area (Å²) in [6, 6.07) is -0.525. The van der Waals surface area contributed by atoms with Crippen molar-refractivity contribution in [3.05, 3.63) is 0 Å². The largest absolute Gasteiger partial charge is 0.458 e. The first-order valence-electron chi connectivity index (χ1n) is 6.78. The van der Waals surface area contributed by atoms with Gasteiger partial charge in [0.1, 0.15) is 11.6 Å². The second-order valence-corrected chi connectivity index (χ2v) is 5.20. The number of hydrogen-bond donors (Lipinski definition) is 2. The highest BCUT2D eigenvalue weighted by Crippen LogP contribution is 2.36. The molecule has 100 valence electrons. The molecule has 0 radical (unpaired) electrons. The van der Waals surface area contributed by atoms with Gasteiger partial charge in [-0.2, -0.15) is 0 Å². The maximum atomic E-state index is 11.7. The molecule has 1 aliphatic carbocycles. The lowest BCUT2D eigenvalue weighted by atomic mass is 9.81. The molecule has 1 rings (SSSR count). The monoisotopic (exact) mass is 242 g/mol. The van der Waals surface area contributed by atoms with Crippen molar-refractivity contribution in [3.63, 3.8) is 0 Å². The topological polar surface area (TPSA) is 78.3 Å². The third-order valence-corrected chi connectivity index (χ3v) is 3.54. The Labute approximate surface area is 104 Å². The molecule has 1 atom stereocenters. The summed E-state index contributed by atoms with van der Waals surface area (Å²) in [5.41, 5.74) is 10.8. The highest BCUT2D eigenvalue weighted by atomic mass is 16.6. The van der Waals surface area contributed by atoms with Gasteiger partial charge in [0, 0.05) is 0 Å². The van der Waals surface area contributed by atoms with Crippen molar-refractivity contribution in [1.29, 1.82) is 0 Å². The van der Waals surface area contributed by atoms with E-state index in [1.807, 2.05) is 0 Å². The summed E-state index contributed by atoms with van der Waals surface area (Å²) in [4.78, 5) is 11.7. The number of ether oxygens (including phenoxy) is 1. The smallest absolute Gasteiger partial charge is 0.323 e. The van der Waals surface area contributed by atoms with Gasteiger partial charge in [-0.3, -0.25) is 4.79 Å². The molecule has 4 nitrogen and oxygen atoms in total. The number of carbonyl (C=O) groups is 1. The first kappa shape index (κ1) is 14.5. The fourth-order valence-electron chi connectivity index (χ4n) is 2.50. The van der Waals surface area contributed by atoms with Gasteiger partial charge in [0.05, 0.1) is 0 Å². The molecule has 0 aromatic carbocycles. The molecule has 1 saturated carbocycles. The Morgan fingerprint density at radius 3 is 2.47 bits per heavy atom. The lowest BCUT2D eigenvalue weighted by Gasteiger charge is -2.37. The Morgan fingerprint density at radius 1 is 1.29 bits per heavy atom. The van der Waals surface area contributed by atoms with Crippen molar-refractivity contribution < 1.29 is 9.53 Å². The summed E-state index contributed by atoms with van der Waals surface area (Å²) in [5.74, 6) is -0.264. The van der Waals surface area contributed by atoms with Crippen LogP contribution in [-0.2, 0) is 9.53 Å². The van der Waals surface area contributed by atoms with Gasteiger partial charge in [-0.05, 0) is 58.4 Å². The number of hydrogen-bond acceptors (Lipinski definition) is 4. The minimum absolute atomic E-state index is 0.252. The summed E-state index contributed by atoms with van der Waals surface area (Å²) in [6.45, 7) is 2.38. The zero-order valence-electron chi connectivity index (χ0n) is 10.9. The lowest BCUT2D eigenvalue weighted by Crippen LogP contribution is -2.42. The van der Waals surface area contributed by atoms with Gasteiger partial charge >= 0.3 is 5.97 Å². The fourth-order valence-corrected chi connectivity index (χ4v) is 2.50. The number of nitrogens with two attached hydrogens (primary N) is 2. The van der Waals surface area contributed by atoms with Crippen molar-refractivity contribution >= 4 is 5.97 Å². The van der Waals surface area contributed by atoms with Crippen LogP contribution in [0.2, 0.25) is 0 Å². The summed E-state index contributed by atoms with van der Waals surface area (Å²) in [5, 5.41) is 0. The molecule has 0 aromatic rings. The average molecular weight is 242 g/mol. The van der Waals surface area contributed by atoms with Crippen molar-refractivity contribution in [2.45, 2.75) is 69.9 Å². The van der Waals surface area contributed by atoms with Crippen LogP contribution >= 0.6 is 0 Å². The summed E-state index contributed by atoms with van der Waals surface area (Å²) >= 11 is 0. The van der Waals surface area contributed by atoms with Crippen molar-refractivity contribution in [3.8, 4) is 0 Å². The molecule has 0 heterocycles. The zero-order valence-corrected chi connectivity index (χ0v) is 10.9. The fraction of sp³-hybridized carbons (Fsp3) is 0.923. The van der Waals surface area contributed by atoms with Gasteiger partial charge in [-0.15, -0.1) is 0 Å². The van der Waals surface area contributed by atoms with Gasteiger partial charge in [0.25, 0.3) is 0 Å². The van der Waals surface area contributed by atoms with E-state index in [1.165, 1.54) is 6.42 Å². The quantitative estimate of drug-likeness (QED) is 0.549. The van der Waals surface area contributed by atoms with E-state index in [9.17, 15) is 4.79 Å². The molecule has 0 saturated heterocycles. The first-order chi connectivity index (χ1) is 8.09. The minimum Gasteiger partial charge on any atom is -0.458 e. The van der Waals surface area contributed by atoms with E-state index in [-0.39, 0.29) is 11.6 Å². The van der Waals surface area contributed by atoms with Gasteiger partial charge in [0.2, 0.25) is 0 Å². The van der Waals surface area contributed by atoms with E-state index in [0.717, 1.165) is 44.9 Å². The highest BCUT2D eigenvalue weighted by Gasteiger charge is 2.35. The lowest BCUT2D eigenvalue weighted by molar-refractivity contribution is -0.165. The maximum Gasteiger partial charge on any atom is 0.323 e. The molecule has 0 bridgehead atoms. The van der Waals surface area contributed by atoms with Crippen molar-refractivity contribution in [2.75, 3.05) is 6.54 Å². The SMILES string of the molecule is C[C@H](N)C(=O)OC1(CCCCN)CCCCC1. The second-order valence-electron chi connectivity index (χ2n) is 5.20. The van der Waals surface area contributed by atoms with Crippen LogP contribution in [0.15, 0.2) is 0 Å². The van der Waals surface area contributed by atoms with Crippen molar-refractivity contribution in [2.24, 2.45) is 11.5 Å². The van der Waals surface area contributed by atoms with Crippen LogP contribution in [0.3, 0.4) is 0 Å². The van der Waals surface area contributed by atoms with Crippen LogP contribution in [0, 0.1) is 0 Å². The number of rotatable bonds is 6. The Kier molecular flexibility index (Phi) is 5.92. The first-order valence-corrected chi connectivity index (χ1v) is 6.78. The number of esters is 1. The summed E-state index contributed by atoms with van der Waals surface area (Å²) < 4.78 is 5.68. The van der Waals surface area contributed by atoms with E-state index in [1.54, 1.807) is 6.92 Å². The Bertz CT molecular complexity index is 236. The van der Waals surface area contributed by atoms with Gasteiger partial charge < -0.3 is 16.2 Å². The van der Waals surface area contributed by atoms with Gasteiger partial charge in [-0.1, -0.05) is 6.42 Å². The molecule has 1 aliphatic rings. The third kappa shape index (κ3) is 4.64. The molecule has 0 unspecified atom stereocenters. The second kappa shape index (κ2) is 6.97. The zero-order chi connectivity index (χ0) is 12.7. The maximum absolute atomic E-state index is 11.7. The Morgan fingerprint density at radius 2 is 1.94 bits per heavy atom. The third-order valence-electron chi connectivity index (χ3n) is 3.54. The Hall–Kier alpha value is -0.610. The van der Waals surface area contributed by atoms with Crippen molar-refractivity contribution in [1.82, 2.24) is 0 Å².